The summed E-state index contributed by atoms with van der Waals surface area (Å²) in [5.74, 6) is -0.468. The van der Waals surface area contributed by atoms with E-state index in [9.17, 15) is 14.4 Å². The predicted molar refractivity (Wildman–Crippen MR) is 138 cm³/mol. The van der Waals surface area contributed by atoms with E-state index in [4.69, 9.17) is 4.74 Å². The molecule has 4 rings (SSSR count). The first kappa shape index (κ1) is 25.4. The Balaban J connectivity index is 1.65. The molecule has 9 heteroatoms. The Hall–Kier alpha value is -3.72. The summed E-state index contributed by atoms with van der Waals surface area (Å²) >= 11 is 0. The first-order valence-corrected chi connectivity index (χ1v) is 12.3. The first-order chi connectivity index (χ1) is 17.4. The Labute approximate surface area is 210 Å². The van der Waals surface area contributed by atoms with Crippen LogP contribution >= 0.6 is 0 Å². The van der Waals surface area contributed by atoms with E-state index in [0.29, 0.717) is 42.7 Å². The van der Waals surface area contributed by atoms with Gasteiger partial charge >= 0.3 is 0 Å². The third-order valence-corrected chi connectivity index (χ3v) is 6.38. The van der Waals surface area contributed by atoms with Crippen LogP contribution in [0.15, 0.2) is 48.8 Å². The molecule has 190 valence electrons. The van der Waals surface area contributed by atoms with Gasteiger partial charge in [-0.15, -0.1) is 0 Å². The van der Waals surface area contributed by atoms with Crippen LogP contribution in [0.3, 0.4) is 0 Å². The lowest BCUT2D eigenvalue weighted by atomic mass is 10.1. The number of rotatable bonds is 10. The summed E-state index contributed by atoms with van der Waals surface area (Å²) in [5, 5.41) is 5.84. The highest BCUT2D eigenvalue weighted by Crippen LogP contribution is 2.27. The maximum atomic E-state index is 13.6. The van der Waals surface area contributed by atoms with Crippen LogP contribution < -0.4 is 10.6 Å². The van der Waals surface area contributed by atoms with Crippen molar-refractivity contribution in [2.75, 3.05) is 25.6 Å². The van der Waals surface area contributed by atoms with E-state index in [1.54, 1.807) is 23.4 Å². The Morgan fingerprint density at radius 3 is 2.69 bits per heavy atom. The van der Waals surface area contributed by atoms with Crippen molar-refractivity contribution in [2.24, 2.45) is 0 Å². The van der Waals surface area contributed by atoms with Gasteiger partial charge in [-0.2, -0.15) is 0 Å². The zero-order valence-corrected chi connectivity index (χ0v) is 21.0. The molecule has 0 bridgehead atoms. The van der Waals surface area contributed by atoms with Gasteiger partial charge in [0.05, 0.1) is 23.0 Å². The molecule has 1 atom stereocenters. The van der Waals surface area contributed by atoms with Gasteiger partial charge in [0.15, 0.2) is 0 Å². The molecular formula is C27H33N5O4. The second-order valence-corrected chi connectivity index (χ2v) is 9.40. The molecule has 0 radical (unpaired) electrons. The molecule has 1 aromatic heterocycles. The molecule has 1 aliphatic rings. The molecule has 0 spiro atoms. The summed E-state index contributed by atoms with van der Waals surface area (Å²) in [4.78, 5) is 44.0. The molecule has 1 aliphatic heterocycles. The zero-order valence-electron chi connectivity index (χ0n) is 21.0. The number of imidazole rings is 1. The summed E-state index contributed by atoms with van der Waals surface area (Å²) in [6.45, 7) is 4.90. The van der Waals surface area contributed by atoms with Gasteiger partial charge < -0.3 is 24.8 Å². The van der Waals surface area contributed by atoms with Gasteiger partial charge in [0.25, 0.3) is 5.91 Å². The number of carbonyl (C=O) groups excluding carboxylic acids is 3. The van der Waals surface area contributed by atoms with Gasteiger partial charge in [0, 0.05) is 44.3 Å². The average Bonchev–Trinajstić information content (AvgIpc) is 3.47. The van der Waals surface area contributed by atoms with E-state index in [-0.39, 0.29) is 36.4 Å². The molecule has 9 nitrogen and oxygen atoms in total. The highest BCUT2D eigenvalue weighted by atomic mass is 16.5. The second kappa shape index (κ2) is 11.3. The van der Waals surface area contributed by atoms with Gasteiger partial charge in [-0.05, 0) is 44.4 Å². The first-order valence-electron chi connectivity index (χ1n) is 12.3. The average molecular weight is 492 g/mol. The van der Waals surface area contributed by atoms with Crippen molar-refractivity contribution in [1.29, 1.82) is 0 Å². The summed E-state index contributed by atoms with van der Waals surface area (Å²) in [6.07, 6.45) is 3.72. The fourth-order valence-electron chi connectivity index (χ4n) is 4.55. The number of amides is 3. The van der Waals surface area contributed by atoms with Crippen LogP contribution in [0.25, 0.3) is 11.0 Å². The Kier molecular flexibility index (Phi) is 8.00. The van der Waals surface area contributed by atoms with Crippen molar-refractivity contribution < 1.29 is 19.1 Å². The van der Waals surface area contributed by atoms with Gasteiger partial charge in [-0.25, -0.2) is 4.98 Å². The molecule has 36 heavy (non-hydrogen) atoms. The maximum Gasteiger partial charge on any atom is 0.254 e. The van der Waals surface area contributed by atoms with Gasteiger partial charge in [-0.1, -0.05) is 30.3 Å². The summed E-state index contributed by atoms with van der Waals surface area (Å²) in [6, 6.07) is 13.5. The molecule has 3 amide bonds. The van der Waals surface area contributed by atoms with Gasteiger partial charge in [0.1, 0.15) is 6.61 Å². The van der Waals surface area contributed by atoms with Crippen LogP contribution in [0.4, 0.5) is 5.69 Å². The standard InChI is InChI=1S/C27H33N5O4/c1-18(2)32(15-21-9-10-24(33)29-21)27(35)20-13-22-26(23(14-20)30-25(34)16-36-3)31(17-28-22)12-11-19-7-5-4-6-8-19/h4-8,13-14,17-18,21H,9-12,15-16H2,1-3H3,(H,29,33)(H,30,34)/t21-/m1/s1. The molecular weight excluding hydrogens is 458 g/mol. The van der Waals surface area contributed by atoms with Crippen molar-refractivity contribution >= 4 is 34.4 Å². The Bertz CT molecular complexity index is 1240. The van der Waals surface area contributed by atoms with Crippen LogP contribution in [-0.4, -0.2) is 64.5 Å². The molecule has 3 aromatic rings. The van der Waals surface area contributed by atoms with Crippen LogP contribution in [0, 0.1) is 0 Å². The number of hydrogen-bond acceptors (Lipinski definition) is 5. The molecule has 0 aliphatic carbocycles. The summed E-state index contributed by atoms with van der Waals surface area (Å²) < 4.78 is 6.98. The maximum absolute atomic E-state index is 13.6. The number of ether oxygens (including phenoxy) is 1. The normalized spacial score (nSPS) is 15.3. The minimum atomic E-state index is -0.311. The number of benzene rings is 2. The Morgan fingerprint density at radius 1 is 1.25 bits per heavy atom. The number of anilines is 1. The summed E-state index contributed by atoms with van der Waals surface area (Å²) in [7, 11) is 1.46. The fraction of sp³-hybridized carbons (Fsp3) is 0.407. The molecule has 2 N–H and O–H groups in total. The van der Waals surface area contributed by atoms with E-state index in [1.165, 1.54) is 12.7 Å². The van der Waals surface area contributed by atoms with E-state index in [1.807, 2.05) is 36.6 Å². The van der Waals surface area contributed by atoms with Crippen molar-refractivity contribution in [3.05, 3.63) is 59.9 Å². The zero-order chi connectivity index (χ0) is 25.7. The minimum absolute atomic E-state index is 0.0155. The summed E-state index contributed by atoms with van der Waals surface area (Å²) in [5.41, 5.74) is 3.52. The lowest BCUT2D eigenvalue weighted by molar-refractivity contribution is -0.120. The third-order valence-electron chi connectivity index (χ3n) is 6.38. The van der Waals surface area contributed by atoms with Crippen LogP contribution in [0.5, 0.6) is 0 Å². The smallest absolute Gasteiger partial charge is 0.254 e. The number of nitrogens with zero attached hydrogens (tertiary/aromatic N) is 3. The van der Waals surface area contributed by atoms with E-state index >= 15 is 0 Å². The molecule has 1 saturated heterocycles. The second-order valence-electron chi connectivity index (χ2n) is 9.40. The Morgan fingerprint density at radius 2 is 2.03 bits per heavy atom. The number of methoxy groups -OCH3 is 1. The third kappa shape index (κ3) is 5.91. The van der Waals surface area contributed by atoms with Gasteiger partial charge in [0.2, 0.25) is 11.8 Å². The molecule has 2 heterocycles. The number of nitrogens with one attached hydrogen (secondary N) is 2. The van der Waals surface area contributed by atoms with Crippen molar-refractivity contribution in [2.45, 2.75) is 51.7 Å². The molecule has 1 fully saturated rings. The number of hydrogen-bond donors (Lipinski definition) is 2. The monoisotopic (exact) mass is 491 g/mol. The highest BCUT2D eigenvalue weighted by Gasteiger charge is 2.28. The molecule has 0 unspecified atom stereocenters. The van der Waals surface area contributed by atoms with E-state index in [0.717, 1.165) is 11.9 Å². The highest BCUT2D eigenvalue weighted by molar-refractivity contribution is 6.05. The van der Waals surface area contributed by atoms with Crippen molar-refractivity contribution in [3.63, 3.8) is 0 Å². The quantitative estimate of drug-likeness (QED) is 0.454. The SMILES string of the molecule is COCC(=O)Nc1cc(C(=O)N(C[C@H]2CCC(=O)N2)C(C)C)cc2ncn(CCc3ccccc3)c12. The predicted octanol–water partition coefficient (Wildman–Crippen LogP) is 2.99. The number of carbonyl (C=O) groups is 3. The number of fused-ring (bicyclic) bond motifs is 1. The topological polar surface area (TPSA) is 106 Å². The fourth-order valence-corrected chi connectivity index (χ4v) is 4.55. The lowest BCUT2D eigenvalue weighted by Gasteiger charge is -2.29. The number of aryl methyl sites for hydroxylation is 2. The van der Waals surface area contributed by atoms with E-state index in [2.05, 4.69) is 27.8 Å². The van der Waals surface area contributed by atoms with Crippen molar-refractivity contribution in [3.8, 4) is 0 Å². The largest absolute Gasteiger partial charge is 0.375 e. The molecule has 0 saturated carbocycles. The van der Waals surface area contributed by atoms with Gasteiger partial charge in [-0.3, -0.25) is 14.4 Å². The lowest BCUT2D eigenvalue weighted by Crippen LogP contribution is -2.45. The molecule has 2 aromatic carbocycles. The van der Waals surface area contributed by atoms with Crippen LogP contribution in [0.2, 0.25) is 0 Å². The van der Waals surface area contributed by atoms with Crippen molar-refractivity contribution in [1.82, 2.24) is 19.8 Å². The van der Waals surface area contributed by atoms with Crippen LogP contribution in [-0.2, 0) is 27.3 Å². The van der Waals surface area contributed by atoms with Crippen LogP contribution in [0.1, 0.15) is 42.6 Å². The van der Waals surface area contributed by atoms with E-state index < -0.39 is 0 Å². The number of aromatic nitrogens is 2. The minimum Gasteiger partial charge on any atom is -0.375 e.